The Kier molecular flexibility index (Phi) is 11.2. The smallest absolute Gasteiger partial charge is 0.305 e. The van der Waals surface area contributed by atoms with Crippen molar-refractivity contribution in [2.75, 3.05) is 0 Å². The van der Waals surface area contributed by atoms with Gasteiger partial charge in [0.05, 0.1) is 11.0 Å². The van der Waals surface area contributed by atoms with E-state index >= 15 is 0 Å². The topological polar surface area (TPSA) is 73.3 Å². The molecule has 7 aromatic heterocycles. The summed E-state index contributed by atoms with van der Waals surface area (Å²) in [6.07, 6.45) is 8.33. The predicted molar refractivity (Wildman–Crippen MR) is 342 cm³/mol. The Bertz CT molecular complexity index is 5290. The average molecular weight is 1270 g/mol. The molecule has 0 atom stereocenters. The van der Waals surface area contributed by atoms with Gasteiger partial charge in [-0.3, -0.25) is 0 Å². The van der Waals surface area contributed by atoms with E-state index in [2.05, 4.69) is 192 Å². The zero-order valence-corrected chi connectivity index (χ0v) is 47.6. The van der Waals surface area contributed by atoms with E-state index in [1.807, 2.05) is 54.7 Å². The number of hydrogen-bond donors (Lipinski definition) is 0. The molecular formula is C77H48IrN7. The van der Waals surface area contributed by atoms with E-state index < -0.39 is 13.7 Å². The summed E-state index contributed by atoms with van der Waals surface area (Å²) in [7, 11) is 0. The van der Waals surface area contributed by atoms with Gasteiger partial charge in [-0.05, 0) is 135 Å². The average Bonchev–Trinajstić information content (AvgIpc) is 1.74. The molecule has 0 saturated carbocycles. The van der Waals surface area contributed by atoms with Gasteiger partial charge < -0.3 is 15.0 Å². The zero-order valence-electron chi connectivity index (χ0n) is 51.2. The molecule has 0 spiro atoms. The monoisotopic (exact) mass is 1270 g/mol. The molecule has 9 aromatic carbocycles. The van der Waals surface area contributed by atoms with Crippen molar-refractivity contribution in [2.45, 2.75) is 13.7 Å². The van der Waals surface area contributed by atoms with Crippen molar-refractivity contribution in [3.8, 4) is 100 Å². The molecule has 8 heteroatoms. The van der Waals surface area contributed by atoms with E-state index in [-0.39, 0.29) is 31.2 Å². The first-order valence-corrected chi connectivity index (χ1v) is 27.7. The summed E-state index contributed by atoms with van der Waals surface area (Å²) >= 11 is 0. The molecule has 0 saturated heterocycles. The van der Waals surface area contributed by atoms with Gasteiger partial charge in [-0.15, -0.1) is 77.0 Å². The van der Waals surface area contributed by atoms with Gasteiger partial charge in [0.1, 0.15) is 0 Å². The van der Waals surface area contributed by atoms with Crippen LogP contribution in [0, 0.1) is 31.9 Å². The summed E-state index contributed by atoms with van der Waals surface area (Å²) in [5, 5.41) is 12.4. The van der Waals surface area contributed by atoms with Crippen LogP contribution in [0.2, 0.25) is 0 Å². The molecule has 85 heavy (non-hydrogen) atoms. The molecule has 0 unspecified atom stereocenters. The van der Waals surface area contributed by atoms with Gasteiger partial charge in [0.2, 0.25) is 0 Å². The molecule has 400 valence electrons. The van der Waals surface area contributed by atoms with E-state index in [1.165, 1.54) is 5.56 Å². The molecule has 7 nitrogen and oxygen atoms in total. The van der Waals surface area contributed by atoms with E-state index in [0.29, 0.717) is 32.8 Å². The third-order valence-corrected chi connectivity index (χ3v) is 16.2. The second kappa shape index (κ2) is 21.0. The summed E-state index contributed by atoms with van der Waals surface area (Å²) < 4.78 is 53.8. The van der Waals surface area contributed by atoms with Crippen molar-refractivity contribution in [3.05, 3.63) is 285 Å². The minimum atomic E-state index is -2.39. The van der Waals surface area contributed by atoms with Gasteiger partial charge in [-0.25, -0.2) is 9.03 Å². The molecule has 0 aliphatic heterocycles. The minimum Gasteiger partial charge on any atom is -0.305 e. The van der Waals surface area contributed by atoms with Crippen molar-refractivity contribution < 1.29 is 28.3 Å². The van der Waals surface area contributed by atoms with Crippen molar-refractivity contribution in [1.82, 2.24) is 34.2 Å². The van der Waals surface area contributed by atoms with Crippen molar-refractivity contribution >= 4 is 54.6 Å². The molecule has 0 radical (unpaired) electrons. The zero-order chi connectivity index (χ0) is 60.8. The van der Waals surface area contributed by atoms with Crippen LogP contribution in [0.3, 0.4) is 0 Å². The fourth-order valence-corrected chi connectivity index (χ4v) is 12.2. The van der Waals surface area contributed by atoms with E-state index in [9.17, 15) is 0 Å². The van der Waals surface area contributed by atoms with Crippen LogP contribution in [-0.2, 0) is 20.1 Å². The molecule has 0 N–H and O–H groups in total. The Balaban J connectivity index is 0.00000689. The molecule has 16 aromatic rings. The SMILES string of the molecule is [2H]C([2H])([2H])c1ccnc2c3[c-]cc(-c4ccccc4-c4cc(-c5ccccc5-c5c[c-]c(-c6cc(-c7ccc(-c8ccccc8)cc7)ccn6)cc5)cc(-c5ccccc5-c5c[c-]c6c(c5)c5ccnn5c5c(C([2H])([2H])[2H])ccnc65)c4)cc3c3ccnn3c12.[Ir+3]. The normalized spacial score (nSPS) is 12.9. The summed E-state index contributed by atoms with van der Waals surface area (Å²) in [5.74, 6) is 0. The van der Waals surface area contributed by atoms with Gasteiger partial charge in [-0.2, -0.15) is 10.2 Å². The minimum absolute atomic E-state index is 0. The number of aromatic nitrogens is 7. The number of pyridine rings is 5. The van der Waals surface area contributed by atoms with E-state index in [4.69, 9.17) is 23.2 Å². The number of aryl methyl sites for hydroxylation is 2. The fraction of sp³-hybridized carbons (Fsp3) is 0.0260. The maximum atomic E-state index is 8.41. The van der Waals surface area contributed by atoms with Gasteiger partial charge in [0, 0.05) is 61.3 Å². The van der Waals surface area contributed by atoms with Crippen molar-refractivity contribution in [1.29, 1.82) is 0 Å². The third-order valence-electron chi connectivity index (χ3n) is 16.2. The Morgan fingerprint density at radius 1 is 0.341 bits per heavy atom. The molecule has 7 heterocycles. The van der Waals surface area contributed by atoms with Gasteiger partial charge in [0.25, 0.3) is 0 Å². The van der Waals surface area contributed by atoms with Gasteiger partial charge >= 0.3 is 20.1 Å². The number of nitrogens with zero attached hydrogens (tertiary/aromatic N) is 7. The summed E-state index contributed by atoms with van der Waals surface area (Å²) in [4.78, 5) is 14.3. The standard InChI is InChI=1S/C77H48N7.Ir/c1-48-32-37-79-74-67-30-28-56(45-69(67)72-35-40-81-83(72)76(48)74)62-15-7-10-18-65(62)59-42-58(43-60(44-59)66-19-11-8-16-63(66)57-29-31-68-70(46-57)73-36-41-82-84(73)77-49(2)33-38-80-75(68)77)64-17-9-6-14-61(64)53-24-26-54(27-25-53)71-47-55(34-39-78-71)52-22-20-51(21-23-52)50-12-4-3-5-13-50;/h3-26,28-29,32-47H,1-2H3;/q-3;+3/i1D3,2D3;. The molecule has 0 fully saturated rings. The first-order chi connectivity index (χ1) is 43.9. The summed E-state index contributed by atoms with van der Waals surface area (Å²) in [5.41, 5.74) is 21.6. The third kappa shape index (κ3) is 8.81. The number of rotatable bonds is 9. The quantitative estimate of drug-likeness (QED) is 0.106. The van der Waals surface area contributed by atoms with Crippen LogP contribution in [0.1, 0.15) is 19.4 Å². The van der Waals surface area contributed by atoms with E-state index in [1.54, 1.807) is 46.0 Å². The van der Waals surface area contributed by atoms with Gasteiger partial charge in [-0.1, -0.05) is 178 Å². The Labute approximate surface area is 513 Å². The molecule has 0 bridgehead atoms. The Morgan fingerprint density at radius 2 is 0.765 bits per heavy atom. The Morgan fingerprint density at radius 3 is 1.25 bits per heavy atom. The van der Waals surface area contributed by atoms with Crippen LogP contribution >= 0.6 is 0 Å². The summed E-state index contributed by atoms with van der Waals surface area (Å²) in [6.45, 7) is -4.78. The molecule has 0 aliphatic carbocycles. The number of hydrogen-bond acceptors (Lipinski definition) is 5. The maximum absolute atomic E-state index is 8.41. The largest absolute Gasteiger partial charge is 3.00 e. The van der Waals surface area contributed by atoms with Crippen LogP contribution in [0.25, 0.3) is 155 Å². The molecular weight excluding hydrogens is 1220 g/mol. The first-order valence-electron chi connectivity index (χ1n) is 30.7. The maximum Gasteiger partial charge on any atom is 3.00 e. The van der Waals surface area contributed by atoms with Crippen LogP contribution in [0.5, 0.6) is 0 Å². The first kappa shape index (κ1) is 45.1. The molecule has 0 amide bonds. The van der Waals surface area contributed by atoms with Crippen LogP contribution < -0.4 is 0 Å². The molecule has 16 rings (SSSR count). The van der Waals surface area contributed by atoms with Gasteiger partial charge in [0.15, 0.2) is 0 Å². The fourth-order valence-electron chi connectivity index (χ4n) is 12.2. The predicted octanol–water partition coefficient (Wildman–Crippen LogP) is 18.8. The van der Waals surface area contributed by atoms with Crippen molar-refractivity contribution in [3.63, 3.8) is 0 Å². The van der Waals surface area contributed by atoms with Crippen molar-refractivity contribution in [2.24, 2.45) is 0 Å². The van der Waals surface area contributed by atoms with E-state index in [0.717, 1.165) is 117 Å². The second-order valence-electron chi connectivity index (χ2n) is 21.0. The summed E-state index contributed by atoms with van der Waals surface area (Å²) in [6, 6.07) is 87.4. The number of fused-ring (bicyclic) bond motifs is 12. The Hall–Kier alpha value is -10.5. The number of benzene rings is 9. The van der Waals surface area contributed by atoms with Crippen LogP contribution in [0.4, 0.5) is 0 Å². The molecule has 0 aliphatic rings. The van der Waals surface area contributed by atoms with Crippen LogP contribution in [0.15, 0.2) is 255 Å². The van der Waals surface area contributed by atoms with Crippen LogP contribution in [-0.4, -0.2) is 34.2 Å². The second-order valence-corrected chi connectivity index (χ2v) is 21.0.